The summed E-state index contributed by atoms with van der Waals surface area (Å²) in [5, 5.41) is 21.8. The van der Waals surface area contributed by atoms with Crippen molar-refractivity contribution >= 4 is 12.1 Å². The largest absolute Gasteiger partial charge is 0.480 e. The number of carboxylic acids is 1. The molecule has 0 fully saturated rings. The number of amides is 1. The normalized spacial score (nSPS) is 14.1. The Kier molecular flexibility index (Phi) is 6.78. The molecule has 0 saturated heterocycles. The number of aliphatic carboxylic acids is 1. The summed E-state index contributed by atoms with van der Waals surface area (Å²) < 4.78 is 5.04. The van der Waals surface area contributed by atoms with Gasteiger partial charge in [-0.1, -0.05) is 38.1 Å². The first-order valence-corrected chi connectivity index (χ1v) is 7.99. The summed E-state index contributed by atoms with van der Waals surface area (Å²) in [7, 11) is 0. The first-order chi connectivity index (χ1) is 11.0. The van der Waals surface area contributed by atoms with Gasteiger partial charge in [-0.05, 0) is 44.2 Å². The predicted octanol–water partition coefficient (Wildman–Crippen LogP) is 2.90. The molecule has 0 aliphatic heterocycles. The summed E-state index contributed by atoms with van der Waals surface area (Å²) in [6, 6.07) is 5.57. The minimum atomic E-state index is -1.49. The average Bonchev–Trinajstić information content (AvgIpc) is 2.42. The Hall–Kier alpha value is -2.08. The third-order valence-corrected chi connectivity index (χ3v) is 3.22. The van der Waals surface area contributed by atoms with Gasteiger partial charge in [-0.3, -0.25) is 0 Å². The van der Waals surface area contributed by atoms with Crippen LogP contribution in [0.15, 0.2) is 24.3 Å². The maximum atomic E-state index is 11.8. The molecule has 1 amide bonds. The molecule has 0 saturated carbocycles. The molecule has 2 atom stereocenters. The van der Waals surface area contributed by atoms with E-state index in [1.807, 2.05) is 12.1 Å². The fraction of sp³-hybridized carbons (Fsp3) is 0.556. The summed E-state index contributed by atoms with van der Waals surface area (Å²) in [6.45, 7) is 9.23. The summed E-state index contributed by atoms with van der Waals surface area (Å²) in [5.74, 6) is -0.832. The molecule has 3 N–H and O–H groups in total. The van der Waals surface area contributed by atoms with Crippen LogP contribution in [-0.2, 0) is 16.0 Å². The zero-order chi connectivity index (χ0) is 18.5. The van der Waals surface area contributed by atoms with E-state index in [2.05, 4.69) is 19.2 Å². The number of aliphatic hydroxyl groups excluding tert-OH is 1. The van der Waals surface area contributed by atoms with Crippen molar-refractivity contribution < 1.29 is 24.5 Å². The second-order valence-electron chi connectivity index (χ2n) is 7.25. The van der Waals surface area contributed by atoms with Gasteiger partial charge in [0.1, 0.15) is 11.7 Å². The van der Waals surface area contributed by atoms with Crippen LogP contribution < -0.4 is 5.32 Å². The van der Waals surface area contributed by atoms with Gasteiger partial charge in [-0.25, -0.2) is 9.59 Å². The number of hydrogen-bond acceptors (Lipinski definition) is 4. The van der Waals surface area contributed by atoms with Crippen LogP contribution in [0.5, 0.6) is 0 Å². The van der Waals surface area contributed by atoms with E-state index in [0.717, 1.165) is 12.0 Å². The molecular weight excluding hydrogens is 310 g/mol. The second-order valence-corrected chi connectivity index (χ2v) is 7.25. The van der Waals surface area contributed by atoms with E-state index in [1.54, 1.807) is 32.9 Å². The predicted molar refractivity (Wildman–Crippen MR) is 90.7 cm³/mol. The van der Waals surface area contributed by atoms with E-state index in [9.17, 15) is 19.8 Å². The van der Waals surface area contributed by atoms with Crippen LogP contribution in [0.3, 0.4) is 0 Å². The Bertz CT molecular complexity index is 560. The molecule has 0 bridgehead atoms. The zero-order valence-electron chi connectivity index (χ0n) is 14.9. The SMILES string of the molecule is CC(C)Cc1ccc(C(O)C(NC(=O)OC(C)(C)C)C(=O)O)cc1. The highest BCUT2D eigenvalue weighted by Crippen LogP contribution is 2.20. The van der Waals surface area contributed by atoms with Crippen molar-refractivity contribution in [1.82, 2.24) is 5.32 Å². The maximum Gasteiger partial charge on any atom is 0.408 e. The Morgan fingerprint density at radius 3 is 2.12 bits per heavy atom. The van der Waals surface area contributed by atoms with Crippen molar-refractivity contribution in [2.24, 2.45) is 5.92 Å². The number of carbonyl (C=O) groups excluding carboxylic acids is 1. The molecule has 24 heavy (non-hydrogen) atoms. The molecule has 0 spiro atoms. The number of hydrogen-bond donors (Lipinski definition) is 3. The Morgan fingerprint density at radius 1 is 1.17 bits per heavy atom. The highest BCUT2D eigenvalue weighted by molar-refractivity contribution is 5.80. The van der Waals surface area contributed by atoms with E-state index in [4.69, 9.17) is 4.74 Å². The first kappa shape index (κ1) is 20.0. The lowest BCUT2D eigenvalue weighted by Gasteiger charge is -2.24. The summed E-state index contributed by atoms with van der Waals surface area (Å²) in [4.78, 5) is 23.2. The van der Waals surface area contributed by atoms with E-state index in [0.29, 0.717) is 11.5 Å². The van der Waals surface area contributed by atoms with Crippen molar-refractivity contribution in [3.05, 3.63) is 35.4 Å². The third-order valence-electron chi connectivity index (χ3n) is 3.22. The van der Waals surface area contributed by atoms with Gasteiger partial charge in [-0.2, -0.15) is 0 Å². The van der Waals surface area contributed by atoms with Gasteiger partial charge in [-0.15, -0.1) is 0 Å². The third kappa shape index (κ3) is 6.58. The van der Waals surface area contributed by atoms with Crippen LogP contribution >= 0.6 is 0 Å². The molecule has 6 heteroatoms. The quantitative estimate of drug-likeness (QED) is 0.742. The number of carbonyl (C=O) groups is 2. The Balaban J connectivity index is 2.84. The molecule has 1 rings (SSSR count). The van der Waals surface area contributed by atoms with Crippen molar-refractivity contribution in [2.45, 2.75) is 58.8 Å². The summed E-state index contributed by atoms with van der Waals surface area (Å²) in [5.41, 5.74) is 0.773. The molecule has 1 aromatic rings. The molecular formula is C18H27NO5. The average molecular weight is 337 g/mol. The molecule has 0 heterocycles. The van der Waals surface area contributed by atoms with Gasteiger partial charge in [0, 0.05) is 0 Å². The number of nitrogens with one attached hydrogen (secondary N) is 1. The highest BCUT2D eigenvalue weighted by atomic mass is 16.6. The second kappa shape index (κ2) is 8.15. The van der Waals surface area contributed by atoms with E-state index in [-0.39, 0.29) is 0 Å². The number of alkyl carbamates (subject to hydrolysis) is 1. The van der Waals surface area contributed by atoms with Gasteiger partial charge in [0.15, 0.2) is 6.04 Å². The number of carboxylic acid groups (broad SMARTS) is 1. The van der Waals surface area contributed by atoms with Gasteiger partial charge >= 0.3 is 12.1 Å². The van der Waals surface area contributed by atoms with E-state index in [1.165, 1.54) is 0 Å². The number of benzene rings is 1. The summed E-state index contributed by atoms with van der Waals surface area (Å²) >= 11 is 0. The number of rotatable bonds is 6. The number of ether oxygens (including phenoxy) is 1. The maximum absolute atomic E-state index is 11.8. The van der Waals surface area contributed by atoms with Crippen LogP contribution in [0.4, 0.5) is 4.79 Å². The van der Waals surface area contributed by atoms with Crippen molar-refractivity contribution in [3.8, 4) is 0 Å². The molecule has 0 aromatic heterocycles. The summed E-state index contributed by atoms with van der Waals surface area (Å²) in [6.07, 6.45) is -1.36. The minimum absolute atomic E-state index is 0.422. The fourth-order valence-electron chi connectivity index (χ4n) is 2.22. The van der Waals surface area contributed by atoms with Crippen LogP contribution in [0.2, 0.25) is 0 Å². The van der Waals surface area contributed by atoms with Crippen molar-refractivity contribution in [2.75, 3.05) is 0 Å². The van der Waals surface area contributed by atoms with E-state index >= 15 is 0 Å². The number of aliphatic hydroxyl groups is 1. The molecule has 0 radical (unpaired) electrons. The lowest BCUT2D eigenvalue weighted by molar-refractivity contribution is -0.142. The van der Waals surface area contributed by atoms with Crippen LogP contribution in [0.1, 0.15) is 51.8 Å². The lowest BCUT2D eigenvalue weighted by Crippen LogP contribution is -2.46. The topological polar surface area (TPSA) is 95.9 Å². The molecule has 2 unspecified atom stereocenters. The molecule has 1 aromatic carbocycles. The van der Waals surface area contributed by atoms with Crippen LogP contribution in [-0.4, -0.2) is 33.9 Å². The monoisotopic (exact) mass is 337 g/mol. The first-order valence-electron chi connectivity index (χ1n) is 7.99. The fourth-order valence-corrected chi connectivity index (χ4v) is 2.22. The molecule has 6 nitrogen and oxygen atoms in total. The Morgan fingerprint density at radius 2 is 1.71 bits per heavy atom. The smallest absolute Gasteiger partial charge is 0.408 e. The molecule has 0 aliphatic carbocycles. The van der Waals surface area contributed by atoms with Crippen molar-refractivity contribution in [3.63, 3.8) is 0 Å². The van der Waals surface area contributed by atoms with Gasteiger partial charge in [0.25, 0.3) is 0 Å². The molecule has 134 valence electrons. The van der Waals surface area contributed by atoms with Gasteiger partial charge < -0.3 is 20.3 Å². The van der Waals surface area contributed by atoms with Crippen LogP contribution in [0.25, 0.3) is 0 Å². The Labute approximate surface area is 142 Å². The standard InChI is InChI=1S/C18H27NO5/c1-11(2)10-12-6-8-13(9-7-12)15(20)14(16(21)22)19-17(23)24-18(3,4)5/h6-9,11,14-15,20H,10H2,1-5H3,(H,19,23)(H,21,22). The minimum Gasteiger partial charge on any atom is -0.480 e. The highest BCUT2D eigenvalue weighted by Gasteiger charge is 2.31. The van der Waals surface area contributed by atoms with Gasteiger partial charge in [0.2, 0.25) is 0 Å². The van der Waals surface area contributed by atoms with Crippen LogP contribution in [0, 0.1) is 5.92 Å². The van der Waals surface area contributed by atoms with Crippen molar-refractivity contribution in [1.29, 1.82) is 0 Å². The van der Waals surface area contributed by atoms with E-state index < -0.39 is 29.8 Å². The zero-order valence-corrected chi connectivity index (χ0v) is 14.9. The lowest BCUT2D eigenvalue weighted by atomic mass is 9.97. The molecule has 0 aliphatic rings. The van der Waals surface area contributed by atoms with Gasteiger partial charge in [0.05, 0.1) is 0 Å².